The normalized spacial score (nSPS) is 10.9. The number of aromatic amines is 1. The third kappa shape index (κ3) is 5.24. The number of benzene rings is 2. The van der Waals surface area contributed by atoms with Crippen LogP contribution in [0.4, 0.5) is 11.5 Å². The number of nitrogens with one attached hydrogen (secondary N) is 1. The molecule has 0 aliphatic heterocycles. The van der Waals surface area contributed by atoms with Gasteiger partial charge >= 0.3 is 5.69 Å². The summed E-state index contributed by atoms with van der Waals surface area (Å²) in [5.41, 5.74) is 7.44. The number of nitrogen functional groups attached to an aromatic ring is 1. The molecule has 1 amide bonds. The Bertz CT molecular complexity index is 1470. The van der Waals surface area contributed by atoms with Crippen LogP contribution in [-0.2, 0) is 24.4 Å². The van der Waals surface area contributed by atoms with Crippen molar-refractivity contribution in [3.05, 3.63) is 86.6 Å². The van der Waals surface area contributed by atoms with E-state index in [-0.39, 0.29) is 24.6 Å². The Morgan fingerprint density at radius 1 is 1.08 bits per heavy atom. The van der Waals surface area contributed by atoms with Crippen LogP contribution in [0, 0.1) is 6.92 Å². The Kier molecular flexibility index (Phi) is 7.38. The van der Waals surface area contributed by atoms with Gasteiger partial charge in [0.1, 0.15) is 12.4 Å². The molecule has 4 rings (SSSR count). The smallest absolute Gasteiger partial charge is 0.330 e. The number of H-pyrrole nitrogens is 1. The van der Waals surface area contributed by atoms with E-state index in [0.717, 1.165) is 23.1 Å². The fraction of sp³-hybridized carbons (Fsp3) is 0.280. The first kappa shape index (κ1) is 24.6. The van der Waals surface area contributed by atoms with Crippen LogP contribution >= 0.6 is 0 Å². The molecule has 0 atom stereocenters. The van der Waals surface area contributed by atoms with Crippen molar-refractivity contribution in [3.8, 4) is 11.4 Å². The van der Waals surface area contributed by atoms with Crippen molar-refractivity contribution in [2.45, 2.75) is 46.3 Å². The van der Waals surface area contributed by atoms with Gasteiger partial charge in [-0.05, 0) is 29.7 Å². The second kappa shape index (κ2) is 10.8. The summed E-state index contributed by atoms with van der Waals surface area (Å²) in [4.78, 5) is 43.6. The van der Waals surface area contributed by atoms with Crippen LogP contribution in [0.25, 0.3) is 11.4 Å². The molecule has 0 saturated carbocycles. The third-order valence-corrected chi connectivity index (χ3v) is 5.82. The summed E-state index contributed by atoms with van der Waals surface area (Å²) in [5, 5.41) is 12.5. The first-order valence-corrected chi connectivity index (χ1v) is 11.7. The highest BCUT2D eigenvalue weighted by molar-refractivity contribution is 5.95. The van der Waals surface area contributed by atoms with E-state index in [4.69, 9.17) is 5.73 Å². The van der Waals surface area contributed by atoms with Gasteiger partial charge in [-0.25, -0.2) is 4.79 Å². The van der Waals surface area contributed by atoms with E-state index >= 15 is 0 Å². The predicted molar refractivity (Wildman–Crippen MR) is 136 cm³/mol. The minimum atomic E-state index is -0.735. The molecule has 11 nitrogen and oxygen atoms in total. The first-order valence-electron chi connectivity index (χ1n) is 11.7. The maximum Gasteiger partial charge on any atom is 0.330 e. The summed E-state index contributed by atoms with van der Waals surface area (Å²) in [6.45, 7) is 4.03. The highest BCUT2D eigenvalue weighted by atomic mass is 16.2. The molecule has 2 heterocycles. The lowest BCUT2D eigenvalue weighted by molar-refractivity contribution is -0.119. The quantitative estimate of drug-likeness (QED) is 0.367. The molecule has 36 heavy (non-hydrogen) atoms. The number of unbranched alkanes of at least 4 members (excludes halogenated alkanes) is 1. The number of anilines is 2. The van der Waals surface area contributed by atoms with Crippen LogP contribution < -0.4 is 21.9 Å². The largest absolute Gasteiger partial charge is 0.383 e. The molecule has 0 radical (unpaired) electrons. The molecule has 3 N–H and O–H groups in total. The zero-order valence-corrected chi connectivity index (χ0v) is 20.2. The third-order valence-electron chi connectivity index (χ3n) is 5.82. The minimum absolute atomic E-state index is 0.0615. The van der Waals surface area contributed by atoms with E-state index in [1.807, 2.05) is 68.4 Å². The second-order valence-corrected chi connectivity index (χ2v) is 8.42. The number of aromatic nitrogens is 6. The van der Waals surface area contributed by atoms with E-state index in [0.29, 0.717) is 18.8 Å². The van der Waals surface area contributed by atoms with Crippen molar-refractivity contribution in [2.24, 2.45) is 0 Å². The Balaban J connectivity index is 1.71. The number of carbonyl (C=O) groups is 1. The number of carbonyl (C=O) groups excluding carboxylic acids is 1. The van der Waals surface area contributed by atoms with Crippen LogP contribution in [0.1, 0.15) is 30.9 Å². The summed E-state index contributed by atoms with van der Waals surface area (Å²) in [6, 6.07) is 16.8. The summed E-state index contributed by atoms with van der Waals surface area (Å²) < 4.78 is 1.29. The van der Waals surface area contributed by atoms with E-state index in [2.05, 4.69) is 20.4 Å². The maximum atomic E-state index is 13.5. The number of tetrazole rings is 1. The number of aryl methyl sites for hydroxylation is 1. The van der Waals surface area contributed by atoms with Gasteiger partial charge < -0.3 is 5.73 Å². The number of amides is 1. The lowest BCUT2D eigenvalue weighted by atomic mass is 10.1. The van der Waals surface area contributed by atoms with Crippen LogP contribution in [0.2, 0.25) is 0 Å². The Hall–Kier alpha value is -4.54. The molecule has 2 aromatic carbocycles. The molecule has 11 heteroatoms. The average molecular weight is 489 g/mol. The summed E-state index contributed by atoms with van der Waals surface area (Å²) >= 11 is 0. The van der Waals surface area contributed by atoms with Crippen molar-refractivity contribution < 1.29 is 4.79 Å². The lowest BCUT2D eigenvalue weighted by Crippen LogP contribution is -2.42. The fourth-order valence-corrected chi connectivity index (χ4v) is 3.88. The van der Waals surface area contributed by atoms with Gasteiger partial charge in [0, 0.05) is 12.1 Å². The van der Waals surface area contributed by atoms with Crippen molar-refractivity contribution in [3.63, 3.8) is 0 Å². The molecule has 2 aromatic heterocycles. The summed E-state index contributed by atoms with van der Waals surface area (Å²) in [6.07, 6.45) is 1.51. The summed E-state index contributed by atoms with van der Waals surface area (Å²) in [7, 11) is 0. The molecule has 0 fully saturated rings. The molecule has 0 aliphatic carbocycles. The van der Waals surface area contributed by atoms with Crippen molar-refractivity contribution in [2.75, 3.05) is 10.6 Å². The molecular weight excluding hydrogens is 460 g/mol. The highest BCUT2D eigenvalue weighted by Crippen LogP contribution is 2.21. The van der Waals surface area contributed by atoms with Gasteiger partial charge in [-0.15, -0.1) is 10.2 Å². The number of nitrogens with two attached hydrogens (primary N) is 1. The van der Waals surface area contributed by atoms with Gasteiger partial charge in [-0.3, -0.25) is 24.0 Å². The number of hydrogen-bond acceptors (Lipinski definition) is 7. The van der Waals surface area contributed by atoms with Gasteiger partial charge in [-0.1, -0.05) is 67.9 Å². The SMILES string of the molecule is CCCCn1c(N)c(N(Cc2ccccc2)C(=O)Cn2nnc(-c3ccccc3C)n2)c(=O)[nH]c1=O. The van der Waals surface area contributed by atoms with Gasteiger partial charge in [0.25, 0.3) is 11.5 Å². The fourth-order valence-electron chi connectivity index (χ4n) is 3.88. The van der Waals surface area contributed by atoms with Gasteiger partial charge in [0.05, 0.1) is 6.54 Å². The standard InChI is InChI=1S/C25H28N8O3/c1-3-4-14-31-22(26)21(24(35)27-25(31)36)32(15-18-11-6-5-7-12-18)20(34)16-33-29-23(28-30-33)19-13-9-8-10-17(19)2/h5-13H,3-4,14-16,26H2,1-2H3,(H,27,35,36). The van der Waals surface area contributed by atoms with E-state index in [1.165, 1.54) is 14.3 Å². The Morgan fingerprint density at radius 3 is 2.53 bits per heavy atom. The molecule has 0 bridgehead atoms. The number of hydrogen-bond donors (Lipinski definition) is 2. The first-order chi connectivity index (χ1) is 17.4. The Labute approximate surface area is 207 Å². The monoisotopic (exact) mass is 488 g/mol. The Morgan fingerprint density at radius 2 is 1.81 bits per heavy atom. The zero-order valence-electron chi connectivity index (χ0n) is 20.2. The van der Waals surface area contributed by atoms with Gasteiger partial charge in [-0.2, -0.15) is 4.80 Å². The molecule has 0 spiro atoms. The average Bonchev–Trinajstić information content (AvgIpc) is 3.32. The molecule has 0 saturated heterocycles. The second-order valence-electron chi connectivity index (χ2n) is 8.42. The van der Waals surface area contributed by atoms with Crippen LogP contribution in [-0.4, -0.2) is 35.7 Å². The van der Waals surface area contributed by atoms with Crippen LogP contribution in [0.15, 0.2) is 64.2 Å². The van der Waals surface area contributed by atoms with E-state index in [1.54, 1.807) is 0 Å². The molecule has 4 aromatic rings. The molecule has 0 aliphatic rings. The number of nitrogens with zero attached hydrogens (tertiary/aromatic N) is 6. The molecule has 0 unspecified atom stereocenters. The summed E-state index contributed by atoms with van der Waals surface area (Å²) in [5.74, 6) is -0.153. The van der Waals surface area contributed by atoms with Crippen molar-refractivity contribution >= 4 is 17.4 Å². The molecular formula is C25H28N8O3. The van der Waals surface area contributed by atoms with Gasteiger partial charge in [0.2, 0.25) is 5.82 Å². The van der Waals surface area contributed by atoms with E-state index in [9.17, 15) is 14.4 Å². The lowest BCUT2D eigenvalue weighted by Gasteiger charge is -2.24. The van der Waals surface area contributed by atoms with Crippen molar-refractivity contribution in [1.82, 2.24) is 29.8 Å². The predicted octanol–water partition coefficient (Wildman–Crippen LogP) is 2.11. The van der Waals surface area contributed by atoms with Gasteiger partial charge in [0.15, 0.2) is 5.69 Å². The highest BCUT2D eigenvalue weighted by Gasteiger charge is 2.25. The van der Waals surface area contributed by atoms with E-state index < -0.39 is 17.2 Å². The van der Waals surface area contributed by atoms with Crippen LogP contribution in [0.5, 0.6) is 0 Å². The zero-order chi connectivity index (χ0) is 25.7. The molecule has 186 valence electrons. The topological polar surface area (TPSA) is 145 Å². The minimum Gasteiger partial charge on any atom is -0.383 e. The number of rotatable bonds is 9. The van der Waals surface area contributed by atoms with Crippen LogP contribution in [0.3, 0.4) is 0 Å². The van der Waals surface area contributed by atoms with Crippen molar-refractivity contribution in [1.29, 1.82) is 0 Å². The maximum absolute atomic E-state index is 13.5.